The Morgan fingerprint density at radius 1 is 0.432 bits per heavy atom. The van der Waals surface area contributed by atoms with Crippen molar-refractivity contribution in [1.82, 2.24) is 54.7 Å². The van der Waals surface area contributed by atoms with Crippen molar-refractivity contribution in [2.75, 3.05) is 120 Å². The lowest BCUT2D eigenvalue weighted by Gasteiger charge is -2.38. The number of benzene rings is 4. The van der Waals surface area contributed by atoms with Crippen LogP contribution in [0.3, 0.4) is 0 Å². The molecule has 15 rings (SSSR count). The lowest BCUT2D eigenvalue weighted by molar-refractivity contribution is -0.138. The first-order valence-electron chi connectivity index (χ1n) is 41.9. The molecule has 0 aliphatic carbocycles. The van der Waals surface area contributed by atoms with Gasteiger partial charge in [0.1, 0.15) is 29.9 Å². The summed E-state index contributed by atoms with van der Waals surface area (Å²) in [6.45, 7) is 27.8. The first-order valence-corrected chi connectivity index (χ1v) is 41.9. The molecule has 23 heteroatoms. The van der Waals surface area contributed by atoms with Gasteiger partial charge in [-0.3, -0.25) is 34.3 Å². The highest BCUT2D eigenvalue weighted by Crippen LogP contribution is 2.40. The zero-order valence-electron chi connectivity index (χ0n) is 70.6. The molecule has 0 spiro atoms. The molecule has 7 fully saturated rings. The summed E-state index contributed by atoms with van der Waals surface area (Å²) in [5.41, 5.74) is 9.98. The second-order valence-corrected chi connectivity index (χ2v) is 34.9. The van der Waals surface area contributed by atoms with Gasteiger partial charge in [0.05, 0.1) is 44.3 Å². The molecule has 3 amide bonds. The average Bonchev–Trinajstić information content (AvgIpc) is 0.795. The molecule has 3 N–H and O–H groups in total. The number of aliphatic hydroxyl groups is 1. The third kappa shape index (κ3) is 25.4. The van der Waals surface area contributed by atoms with Crippen molar-refractivity contribution in [3.63, 3.8) is 0 Å². The number of nitrogens with one attached hydrogen (secondary N) is 1. The minimum absolute atomic E-state index is 0. The Morgan fingerprint density at radius 3 is 1.02 bits per heavy atom. The SMILES string of the molecule is C.CC1CC(c2ccc(C#N)c3ncccc23)CN(C(=O)OC(C)(C)C)C1.CC1CNCC(c2ccc(C#N)c3ncccc23)C1.CN1CCC(CC(=O)O)CC1.CO.C[C@@H]1CC(c2ccc(C#N)c3ncccc23)CN(C(=O)CC2CCN(C)CC2)C1.C[C@@H]1CC(c2ccc(C#N)c3ncccc23)CN(C(=O)CC2CCN(C)CC2)C1.Cl. The molecule has 7 saturated heterocycles. The van der Waals surface area contributed by atoms with Gasteiger partial charge in [0.25, 0.3) is 0 Å². The van der Waals surface area contributed by atoms with Crippen LogP contribution in [0.25, 0.3) is 43.6 Å². The van der Waals surface area contributed by atoms with Crippen LogP contribution < -0.4 is 5.32 Å². The van der Waals surface area contributed by atoms with Gasteiger partial charge in [-0.2, -0.15) is 21.0 Å². The van der Waals surface area contributed by atoms with Gasteiger partial charge in [-0.25, -0.2) is 4.79 Å². The third-order valence-corrected chi connectivity index (χ3v) is 24.3. The molecule has 4 aromatic heterocycles. The van der Waals surface area contributed by atoms with E-state index in [1.165, 1.54) is 23.1 Å². The lowest BCUT2D eigenvalue weighted by Crippen LogP contribution is -2.45. The van der Waals surface area contributed by atoms with Gasteiger partial charge in [-0.1, -0.05) is 83.7 Å². The number of nitriles is 4. The topological polar surface area (TPSA) is 296 Å². The highest BCUT2D eigenvalue weighted by molar-refractivity contribution is 5.91. The van der Waals surface area contributed by atoms with Crippen molar-refractivity contribution in [1.29, 1.82) is 21.0 Å². The van der Waals surface area contributed by atoms with Crippen LogP contribution in [-0.2, 0) is 19.1 Å². The number of carbonyl (C=O) groups is 4. The summed E-state index contributed by atoms with van der Waals surface area (Å²) >= 11 is 0. The number of likely N-dealkylation sites (tertiary alicyclic amines) is 6. The highest BCUT2D eigenvalue weighted by atomic mass is 35.5. The minimum Gasteiger partial charge on any atom is -0.481 e. The molecule has 6 unspecified atom stereocenters. The smallest absolute Gasteiger partial charge is 0.410 e. The Kier molecular flexibility index (Phi) is 35.7. The molecular weight excluding hydrogens is 1500 g/mol. The number of ether oxygens (including phenoxy) is 1. The van der Waals surface area contributed by atoms with E-state index in [1.54, 1.807) is 24.8 Å². The molecule has 7 aliphatic heterocycles. The molecule has 118 heavy (non-hydrogen) atoms. The number of hydrogen-bond acceptors (Lipinski definition) is 18. The van der Waals surface area contributed by atoms with Crippen LogP contribution in [0.4, 0.5) is 4.79 Å². The Balaban J connectivity index is 0.000000187. The summed E-state index contributed by atoms with van der Waals surface area (Å²) in [6.07, 6.45) is 19.3. The fraction of sp³-hybridized carbons (Fsp3) is 0.537. The minimum atomic E-state index is -0.653. The van der Waals surface area contributed by atoms with E-state index in [-0.39, 0.29) is 31.8 Å². The van der Waals surface area contributed by atoms with E-state index in [0.717, 1.165) is 193 Å². The number of halogens is 1. The summed E-state index contributed by atoms with van der Waals surface area (Å²) < 4.78 is 5.57. The van der Waals surface area contributed by atoms with E-state index in [4.69, 9.17) is 14.9 Å². The number of carboxylic acid groups (broad SMARTS) is 1. The van der Waals surface area contributed by atoms with Gasteiger partial charge in [-0.15, -0.1) is 12.4 Å². The predicted octanol–water partition coefficient (Wildman–Crippen LogP) is 16.3. The van der Waals surface area contributed by atoms with Gasteiger partial charge in [0.2, 0.25) is 11.8 Å². The number of rotatable bonds is 10. The number of piperidine rings is 7. The van der Waals surface area contributed by atoms with Crippen molar-refractivity contribution in [3.8, 4) is 24.3 Å². The molecule has 0 saturated carbocycles. The van der Waals surface area contributed by atoms with Crippen LogP contribution in [0.1, 0.15) is 208 Å². The van der Waals surface area contributed by atoms with Crippen molar-refractivity contribution >= 4 is 79.9 Å². The fourth-order valence-corrected chi connectivity index (χ4v) is 18.4. The molecule has 630 valence electrons. The van der Waals surface area contributed by atoms with E-state index in [0.29, 0.717) is 126 Å². The molecular formula is C95H126ClN15O7. The van der Waals surface area contributed by atoms with Gasteiger partial charge < -0.3 is 49.7 Å². The third-order valence-electron chi connectivity index (χ3n) is 24.3. The van der Waals surface area contributed by atoms with Crippen LogP contribution in [-0.4, -0.2) is 209 Å². The summed E-state index contributed by atoms with van der Waals surface area (Å²) in [5, 5.41) is 60.6. The maximum atomic E-state index is 13.1. The van der Waals surface area contributed by atoms with E-state index < -0.39 is 11.6 Å². The number of fused-ring (bicyclic) bond motifs is 4. The second kappa shape index (κ2) is 44.9. The fourth-order valence-electron chi connectivity index (χ4n) is 18.4. The van der Waals surface area contributed by atoms with Gasteiger partial charge >= 0.3 is 12.1 Å². The monoisotopic (exact) mass is 1620 g/mol. The summed E-state index contributed by atoms with van der Waals surface area (Å²) in [5.74, 6) is 4.75. The maximum absolute atomic E-state index is 13.1. The summed E-state index contributed by atoms with van der Waals surface area (Å²) in [7, 11) is 7.40. The van der Waals surface area contributed by atoms with E-state index in [1.807, 2.05) is 86.3 Å². The molecule has 4 aromatic carbocycles. The first kappa shape index (κ1) is 93.7. The van der Waals surface area contributed by atoms with Crippen LogP contribution >= 0.6 is 12.4 Å². The average molecular weight is 1630 g/mol. The second-order valence-electron chi connectivity index (χ2n) is 34.9. The van der Waals surface area contributed by atoms with Gasteiger partial charge in [0.15, 0.2) is 0 Å². The van der Waals surface area contributed by atoms with E-state index in [9.17, 15) is 40.2 Å². The zero-order valence-corrected chi connectivity index (χ0v) is 71.4. The number of hydrogen-bond donors (Lipinski definition) is 3. The molecule has 8 aromatic rings. The van der Waals surface area contributed by atoms with Crippen molar-refractivity contribution in [3.05, 3.63) is 166 Å². The zero-order chi connectivity index (χ0) is 83.2. The Bertz CT molecular complexity index is 4680. The van der Waals surface area contributed by atoms with Crippen molar-refractivity contribution < 1.29 is 34.1 Å². The summed E-state index contributed by atoms with van der Waals surface area (Å²) in [4.78, 5) is 79.7. The number of aromatic nitrogens is 4. The van der Waals surface area contributed by atoms with Crippen LogP contribution in [0, 0.1) is 86.7 Å². The predicted molar refractivity (Wildman–Crippen MR) is 470 cm³/mol. The number of amides is 3. The van der Waals surface area contributed by atoms with Crippen LogP contribution in [0.15, 0.2) is 122 Å². The highest BCUT2D eigenvalue weighted by Gasteiger charge is 2.36. The quantitative estimate of drug-likeness (QED) is 0.115. The van der Waals surface area contributed by atoms with Crippen molar-refractivity contribution in [2.45, 2.75) is 169 Å². The normalized spacial score (nSPS) is 22.1. The maximum Gasteiger partial charge on any atom is 0.410 e. The largest absolute Gasteiger partial charge is 0.481 e. The number of nitrogens with zero attached hydrogens (tertiary/aromatic N) is 14. The number of carbonyl (C=O) groups excluding carboxylic acids is 3. The summed E-state index contributed by atoms with van der Waals surface area (Å²) in [6, 6.07) is 40.6. The Morgan fingerprint density at radius 2 is 0.720 bits per heavy atom. The Labute approximate surface area is 706 Å². The molecule has 11 heterocycles. The molecule has 8 atom stereocenters. The number of aliphatic hydroxyl groups excluding tert-OH is 1. The number of pyridine rings is 4. The lowest BCUT2D eigenvalue weighted by atomic mass is 9.83. The van der Waals surface area contributed by atoms with Gasteiger partial charge in [-0.05, 0) is 270 Å². The first-order chi connectivity index (χ1) is 55.8. The molecule has 0 radical (unpaired) electrons. The number of aliphatic carboxylic acids is 1. The molecule has 0 bridgehead atoms. The van der Waals surface area contributed by atoms with Gasteiger partial charge in [0, 0.05) is 136 Å². The number of carboxylic acids is 1. The van der Waals surface area contributed by atoms with E-state index in [2.05, 4.69) is 159 Å². The van der Waals surface area contributed by atoms with Crippen molar-refractivity contribution in [2.24, 2.45) is 41.4 Å². The Hall–Kier alpha value is -9.75. The van der Waals surface area contributed by atoms with E-state index >= 15 is 0 Å². The molecule has 7 aliphatic rings. The van der Waals surface area contributed by atoms with Crippen LogP contribution in [0.5, 0.6) is 0 Å². The standard InChI is InChI=1S/2C24H30N4O.C21H25N3O2.C16H17N3.C8H15NO2.CH4O.CH4.ClH/c2*1-17-12-20(21-6-5-19(14-25)24-22(21)4-3-9-26-24)16-28(15-17)23(29)13-18-7-10-27(2)11-8-18;1-14-10-16(13-24(12-14)20(25)26-21(2,3)4)17-8-7-15(11-22)19-18(17)6-5-9-23-19;1-11-7-13(10-18-9-11)14-5-4-12(8-17)16-15(14)3-2-6-19-16;1-9-4-2-7(3-5-9)6-8(10)11;1-2;;/h2*3-6,9,17-18,20H,7-8,10-13,15-16H2,1-2H3;5-9,14,16H,10,12-13H2,1-4H3;2-6,11,13,18H,7,9-10H2,1H3;7H,2-6H2,1H3,(H,10,11);2H,1H3;1H4;1H/t2*17-,20?;;;;;;/m11....../s1. The van der Waals surface area contributed by atoms with Crippen LogP contribution in [0.2, 0.25) is 0 Å². The molecule has 22 nitrogen and oxygen atoms in total.